The largest absolute Gasteiger partial charge is 0.423 e. The topological polar surface area (TPSA) is 87.6 Å². The molecule has 158 valence electrons. The van der Waals surface area contributed by atoms with Gasteiger partial charge in [-0.15, -0.1) is 0 Å². The first-order valence-corrected chi connectivity index (χ1v) is 10.8. The third kappa shape index (κ3) is 4.05. The molecule has 1 amide bonds. The van der Waals surface area contributed by atoms with Crippen molar-refractivity contribution in [3.8, 4) is 0 Å². The third-order valence-corrected chi connectivity index (χ3v) is 6.29. The van der Waals surface area contributed by atoms with Gasteiger partial charge in [-0.25, -0.2) is 0 Å². The van der Waals surface area contributed by atoms with Gasteiger partial charge in [0.15, 0.2) is 5.58 Å². The van der Waals surface area contributed by atoms with E-state index in [1.54, 1.807) is 6.07 Å². The van der Waals surface area contributed by atoms with Crippen LogP contribution >= 0.6 is 0 Å². The van der Waals surface area contributed by atoms with E-state index in [2.05, 4.69) is 25.3 Å². The number of nitrogens with zero attached hydrogens (tertiary/aromatic N) is 4. The maximum Gasteiger partial charge on any atom is 0.298 e. The Balaban J connectivity index is 1.14. The number of oxazole rings is 1. The van der Waals surface area contributed by atoms with Gasteiger partial charge in [-0.05, 0) is 44.4 Å². The predicted molar refractivity (Wildman–Crippen MR) is 112 cm³/mol. The molecule has 5 rings (SSSR count). The zero-order valence-corrected chi connectivity index (χ0v) is 17.0. The summed E-state index contributed by atoms with van der Waals surface area (Å²) in [5, 5.41) is 6.85. The number of fused-ring (bicyclic) bond motifs is 1. The molecule has 1 atom stereocenters. The fourth-order valence-corrected chi connectivity index (χ4v) is 4.62. The van der Waals surface area contributed by atoms with E-state index in [1.807, 2.05) is 24.3 Å². The molecule has 0 radical (unpaired) electrons. The third-order valence-electron chi connectivity index (χ3n) is 6.29. The molecule has 2 saturated heterocycles. The number of carbonyl (C=O) groups excluding carboxylic acids is 1. The highest BCUT2D eigenvalue weighted by Gasteiger charge is 2.32. The van der Waals surface area contributed by atoms with E-state index in [0.717, 1.165) is 74.7 Å². The lowest BCUT2D eigenvalue weighted by Crippen LogP contribution is -2.50. The highest BCUT2D eigenvalue weighted by molar-refractivity contribution is 5.79. The quantitative estimate of drug-likeness (QED) is 0.693. The number of amides is 1. The molecule has 0 spiro atoms. The van der Waals surface area contributed by atoms with E-state index in [0.29, 0.717) is 12.6 Å². The fraction of sp³-hybridized carbons (Fsp3) is 0.500. The number of likely N-dealkylation sites (tertiary alicyclic amines) is 1. The van der Waals surface area contributed by atoms with Crippen molar-refractivity contribution in [1.82, 2.24) is 20.4 Å². The number of benzene rings is 1. The van der Waals surface area contributed by atoms with Crippen LogP contribution in [-0.4, -0.2) is 53.2 Å². The molecule has 2 aliphatic rings. The van der Waals surface area contributed by atoms with Gasteiger partial charge < -0.3 is 19.2 Å². The lowest BCUT2D eigenvalue weighted by molar-refractivity contribution is -0.127. The SMILES string of the molecule is O=C(NCc1ccon1)C1CCCN(C2CCN(c3nc4ccccc4o3)CC2)C1. The van der Waals surface area contributed by atoms with Crippen LogP contribution < -0.4 is 10.2 Å². The fourth-order valence-electron chi connectivity index (χ4n) is 4.62. The maximum atomic E-state index is 12.6. The van der Waals surface area contributed by atoms with Gasteiger partial charge in [-0.2, -0.15) is 4.98 Å². The van der Waals surface area contributed by atoms with Crippen molar-refractivity contribution in [3.05, 3.63) is 42.3 Å². The molecular weight excluding hydrogens is 382 g/mol. The first-order valence-electron chi connectivity index (χ1n) is 10.8. The molecule has 1 aromatic carbocycles. The molecule has 1 N–H and O–H groups in total. The summed E-state index contributed by atoms with van der Waals surface area (Å²) in [6, 6.07) is 10.9. The van der Waals surface area contributed by atoms with Crippen LogP contribution in [0.3, 0.4) is 0 Å². The second-order valence-electron chi connectivity index (χ2n) is 8.23. The van der Waals surface area contributed by atoms with Crippen molar-refractivity contribution in [2.45, 2.75) is 38.3 Å². The summed E-state index contributed by atoms with van der Waals surface area (Å²) in [5.41, 5.74) is 2.50. The minimum atomic E-state index is 0.0423. The Labute approximate surface area is 175 Å². The van der Waals surface area contributed by atoms with Crippen LogP contribution in [0.1, 0.15) is 31.4 Å². The molecule has 4 heterocycles. The van der Waals surface area contributed by atoms with Crippen LogP contribution in [0.5, 0.6) is 0 Å². The van der Waals surface area contributed by atoms with Crippen molar-refractivity contribution in [1.29, 1.82) is 0 Å². The zero-order valence-electron chi connectivity index (χ0n) is 17.0. The first kappa shape index (κ1) is 19.1. The van der Waals surface area contributed by atoms with Gasteiger partial charge in [0.1, 0.15) is 17.5 Å². The summed E-state index contributed by atoms with van der Waals surface area (Å²) < 4.78 is 10.8. The average molecular weight is 409 g/mol. The van der Waals surface area contributed by atoms with E-state index < -0.39 is 0 Å². The highest BCUT2D eigenvalue weighted by Crippen LogP contribution is 2.28. The van der Waals surface area contributed by atoms with Gasteiger partial charge in [0, 0.05) is 31.7 Å². The number of piperidine rings is 2. The molecule has 1 unspecified atom stereocenters. The Morgan fingerprint density at radius 3 is 2.80 bits per heavy atom. The molecule has 0 aliphatic carbocycles. The molecule has 0 saturated carbocycles. The number of anilines is 1. The van der Waals surface area contributed by atoms with Crippen LogP contribution in [0.2, 0.25) is 0 Å². The van der Waals surface area contributed by atoms with Crippen molar-refractivity contribution in [3.63, 3.8) is 0 Å². The predicted octanol–water partition coefficient (Wildman–Crippen LogP) is 2.81. The summed E-state index contributed by atoms with van der Waals surface area (Å²) in [7, 11) is 0. The molecule has 8 nitrogen and oxygen atoms in total. The molecule has 3 aromatic rings. The van der Waals surface area contributed by atoms with Crippen LogP contribution in [-0.2, 0) is 11.3 Å². The van der Waals surface area contributed by atoms with Gasteiger partial charge in [0.2, 0.25) is 5.91 Å². The minimum absolute atomic E-state index is 0.0423. The van der Waals surface area contributed by atoms with Crippen LogP contribution in [0.15, 0.2) is 45.5 Å². The van der Waals surface area contributed by atoms with Gasteiger partial charge in [0.25, 0.3) is 6.01 Å². The summed E-state index contributed by atoms with van der Waals surface area (Å²) in [4.78, 5) is 22.0. The van der Waals surface area contributed by atoms with Crippen molar-refractivity contribution >= 4 is 23.0 Å². The molecule has 2 fully saturated rings. The number of hydrogen-bond acceptors (Lipinski definition) is 7. The standard InChI is InChI=1S/C22H27N5O3/c28-21(23-14-17-9-13-29-25-17)16-4-3-10-27(15-16)18-7-11-26(12-8-18)22-24-19-5-1-2-6-20(19)30-22/h1-2,5-6,9,13,16,18H,3-4,7-8,10-12,14-15H2,(H,23,28). The Morgan fingerprint density at radius 2 is 2.00 bits per heavy atom. The van der Waals surface area contributed by atoms with Gasteiger partial charge in [0.05, 0.1) is 12.5 Å². The lowest BCUT2D eigenvalue weighted by atomic mass is 9.93. The smallest absolute Gasteiger partial charge is 0.298 e. The Hall–Kier alpha value is -2.87. The van der Waals surface area contributed by atoms with Crippen molar-refractivity contribution in [2.75, 3.05) is 31.1 Å². The van der Waals surface area contributed by atoms with Crippen molar-refractivity contribution in [2.24, 2.45) is 5.92 Å². The highest BCUT2D eigenvalue weighted by atomic mass is 16.5. The minimum Gasteiger partial charge on any atom is -0.423 e. The van der Waals surface area contributed by atoms with E-state index in [9.17, 15) is 4.79 Å². The Morgan fingerprint density at radius 1 is 1.13 bits per heavy atom. The Kier molecular flexibility index (Phi) is 5.40. The molecular formula is C22H27N5O3. The normalized spacial score (nSPS) is 21.2. The molecule has 2 aliphatic heterocycles. The summed E-state index contributed by atoms with van der Waals surface area (Å²) in [6.45, 7) is 4.18. The van der Waals surface area contributed by atoms with E-state index >= 15 is 0 Å². The summed E-state index contributed by atoms with van der Waals surface area (Å²) in [5.74, 6) is 0.160. The van der Waals surface area contributed by atoms with Crippen LogP contribution in [0, 0.1) is 5.92 Å². The van der Waals surface area contributed by atoms with Crippen LogP contribution in [0.4, 0.5) is 6.01 Å². The summed E-state index contributed by atoms with van der Waals surface area (Å²) >= 11 is 0. The zero-order chi connectivity index (χ0) is 20.3. The van der Waals surface area contributed by atoms with Gasteiger partial charge in [-0.3, -0.25) is 9.69 Å². The van der Waals surface area contributed by atoms with Gasteiger partial charge in [-0.1, -0.05) is 17.3 Å². The van der Waals surface area contributed by atoms with E-state index in [1.165, 1.54) is 6.26 Å². The summed E-state index contributed by atoms with van der Waals surface area (Å²) in [6.07, 6.45) is 5.66. The monoisotopic (exact) mass is 409 g/mol. The number of nitrogens with one attached hydrogen (secondary N) is 1. The molecule has 2 aromatic heterocycles. The van der Waals surface area contributed by atoms with Crippen LogP contribution in [0.25, 0.3) is 11.1 Å². The molecule has 8 heteroatoms. The lowest BCUT2D eigenvalue weighted by Gasteiger charge is -2.41. The number of aromatic nitrogens is 2. The molecule has 30 heavy (non-hydrogen) atoms. The van der Waals surface area contributed by atoms with Crippen molar-refractivity contribution < 1.29 is 13.7 Å². The van der Waals surface area contributed by atoms with E-state index in [4.69, 9.17) is 8.94 Å². The second kappa shape index (κ2) is 8.47. The number of para-hydroxylation sites is 2. The maximum absolute atomic E-state index is 12.6. The van der Waals surface area contributed by atoms with E-state index in [-0.39, 0.29) is 11.8 Å². The number of hydrogen-bond donors (Lipinski definition) is 1. The first-order chi connectivity index (χ1) is 14.8. The number of carbonyl (C=O) groups is 1. The second-order valence-corrected chi connectivity index (χ2v) is 8.23. The number of rotatable bonds is 5. The average Bonchev–Trinajstić information content (AvgIpc) is 3.47. The van der Waals surface area contributed by atoms with Gasteiger partial charge >= 0.3 is 0 Å². The Bertz CT molecular complexity index is 945. The molecule has 0 bridgehead atoms.